The topological polar surface area (TPSA) is 26.3 Å². The monoisotopic (exact) mass is 338 g/mol. The molecule has 0 bridgehead atoms. The van der Waals surface area contributed by atoms with Gasteiger partial charge in [0.05, 0.1) is 12.7 Å². The zero-order chi connectivity index (χ0) is 18.3. The zero-order valence-corrected chi connectivity index (χ0v) is 16.2. The van der Waals surface area contributed by atoms with Crippen LogP contribution in [0.1, 0.15) is 69.3 Å². The highest BCUT2D eigenvalue weighted by Crippen LogP contribution is 2.78. The van der Waals surface area contributed by atoms with E-state index in [0.717, 1.165) is 5.56 Å². The molecule has 2 aliphatic carbocycles. The molecule has 3 rings (SSSR count). The Morgan fingerprint density at radius 3 is 2.40 bits per heavy atom. The summed E-state index contributed by atoms with van der Waals surface area (Å²) in [7, 11) is 1.41. The summed E-state index contributed by atoms with van der Waals surface area (Å²) < 4.78 is 4.74. The van der Waals surface area contributed by atoms with Crippen LogP contribution in [0.15, 0.2) is 42.0 Å². The van der Waals surface area contributed by atoms with Crippen LogP contribution in [0.4, 0.5) is 0 Å². The molecule has 25 heavy (non-hydrogen) atoms. The van der Waals surface area contributed by atoms with Crippen LogP contribution in [0.5, 0.6) is 0 Å². The smallest absolute Gasteiger partial charge is 0.337 e. The van der Waals surface area contributed by atoms with E-state index in [2.05, 4.69) is 45.9 Å². The van der Waals surface area contributed by atoms with E-state index in [-0.39, 0.29) is 5.97 Å². The number of hydrogen-bond donors (Lipinski definition) is 0. The fourth-order valence-corrected chi connectivity index (χ4v) is 4.99. The second-order valence-corrected chi connectivity index (χ2v) is 8.78. The number of benzene rings is 1. The Morgan fingerprint density at radius 1 is 1.12 bits per heavy atom. The van der Waals surface area contributed by atoms with E-state index in [1.54, 1.807) is 0 Å². The number of hydrogen-bond acceptors (Lipinski definition) is 2. The van der Waals surface area contributed by atoms with Crippen molar-refractivity contribution < 1.29 is 9.53 Å². The van der Waals surface area contributed by atoms with E-state index in [9.17, 15) is 4.79 Å². The van der Waals surface area contributed by atoms with Gasteiger partial charge >= 0.3 is 5.97 Å². The maximum atomic E-state index is 11.5. The number of methoxy groups -OCH3 is 1. The first-order valence-electron chi connectivity index (χ1n) is 9.29. The molecule has 0 saturated heterocycles. The highest BCUT2D eigenvalue weighted by molar-refractivity contribution is 5.89. The highest BCUT2D eigenvalue weighted by Gasteiger charge is 2.69. The maximum absolute atomic E-state index is 11.5. The largest absolute Gasteiger partial charge is 0.465 e. The molecule has 0 aliphatic heterocycles. The molecule has 0 amide bonds. The molecule has 134 valence electrons. The van der Waals surface area contributed by atoms with Crippen LogP contribution < -0.4 is 0 Å². The van der Waals surface area contributed by atoms with Gasteiger partial charge in [-0.05, 0) is 60.1 Å². The Morgan fingerprint density at radius 2 is 1.80 bits per heavy atom. The van der Waals surface area contributed by atoms with Gasteiger partial charge in [0.25, 0.3) is 0 Å². The first-order valence-corrected chi connectivity index (χ1v) is 9.29. The highest BCUT2D eigenvalue weighted by atomic mass is 16.5. The third-order valence-electron chi connectivity index (χ3n) is 6.72. The lowest BCUT2D eigenvalue weighted by Crippen LogP contribution is -2.32. The van der Waals surface area contributed by atoms with Crippen molar-refractivity contribution in [2.45, 2.75) is 53.4 Å². The number of fused-ring (bicyclic) bond motifs is 1. The van der Waals surface area contributed by atoms with Crippen molar-refractivity contribution in [1.29, 1.82) is 0 Å². The number of carbonyl (C=O) groups excluding carboxylic acids is 1. The molecule has 2 unspecified atom stereocenters. The summed E-state index contributed by atoms with van der Waals surface area (Å²) in [6.07, 6.45) is 12.3. The quantitative estimate of drug-likeness (QED) is 0.494. The maximum Gasteiger partial charge on any atom is 0.337 e. The van der Waals surface area contributed by atoms with Crippen LogP contribution in [-0.4, -0.2) is 13.1 Å². The molecule has 2 atom stereocenters. The van der Waals surface area contributed by atoms with Crippen LogP contribution in [0.25, 0.3) is 6.08 Å². The van der Waals surface area contributed by atoms with Gasteiger partial charge in [0.15, 0.2) is 0 Å². The minimum atomic E-state index is -0.293. The summed E-state index contributed by atoms with van der Waals surface area (Å²) in [4.78, 5) is 11.5. The Bertz CT molecular complexity index is 723. The van der Waals surface area contributed by atoms with Gasteiger partial charge in [0, 0.05) is 0 Å². The summed E-state index contributed by atoms with van der Waals surface area (Å²) in [5.41, 5.74) is 4.18. The molecule has 2 saturated carbocycles. The molecule has 0 spiro atoms. The molecule has 2 aliphatic rings. The summed E-state index contributed by atoms with van der Waals surface area (Å²) in [5.74, 6) is -0.293. The molecule has 2 heteroatoms. The Balaban J connectivity index is 1.76. The van der Waals surface area contributed by atoms with E-state index in [1.807, 2.05) is 24.3 Å². The molecule has 2 fully saturated rings. The molecular formula is C23H30O2. The minimum Gasteiger partial charge on any atom is -0.465 e. The second-order valence-electron chi connectivity index (χ2n) is 8.78. The van der Waals surface area contributed by atoms with Crippen LogP contribution >= 0.6 is 0 Å². The summed E-state index contributed by atoms with van der Waals surface area (Å²) >= 11 is 0. The predicted molar refractivity (Wildman–Crippen MR) is 103 cm³/mol. The first kappa shape index (κ1) is 18.0. The van der Waals surface area contributed by atoms with Gasteiger partial charge < -0.3 is 4.74 Å². The number of ether oxygens (including phenoxy) is 1. The van der Waals surface area contributed by atoms with E-state index in [1.165, 1.54) is 38.4 Å². The molecule has 1 aromatic carbocycles. The van der Waals surface area contributed by atoms with E-state index in [4.69, 9.17) is 4.74 Å². The van der Waals surface area contributed by atoms with Crippen molar-refractivity contribution in [2.24, 2.45) is 16.2 Å². The van der Waals surface area contributed by atoms with Gasteiger partial charge in [-0.25, -0.2) is 4.79 Å². The number of carbonyl (C=O) groups is 1. The summed E-state index contributed by atoms with van der Waals surface area (Å²) in [5, 5.41) is 0. The third-order valence-corrected chi connectivity index (χ3v) is 6.72. The summed E-state index contributed by atoms with van der Waals surface area (Å²) in [6.45, 7) is 9.48. The second kappa shape index (κ2) is 6.16. The summed E-state index contributed by atoms with van der Waals surface area (Å²) in [6, 6.07) is 7.56. The van der Waals surface area contributed by atoms with Gasteiger partial charge in [-0.1, -0.05) is 63.1 Å². The van der Waals surface area contributed by atoms with E-state index < -0.39 is 0 Å². The fraction of sp³-hybridized carbons (Fsp3) is 0.522. The molecule has 2 nitrogen and oxygen atoms in total. The van der Waals surface area contributed by atoms with E-state index in [0.29, 0.717) is 21.8 Å². The molecular weight excluding hydrogens is 308 g/mol. The van der Waals surface area contributed by atoms with Crippen molar-refractivity contribution in [3.8, 4) is 0 Å². The normalized spacial score (nSPS) is 30.8. The van der Waals surface area contributed by atoms with Crippen LogP contribution in [0, 0.1) is 16.2 Å². The van der Waals surface area contributed by atoms with Gasteiger partial charge in [-0.2, -0.15) is 0 Å². The number of esters is 1. The van der Waals surface area contributed by atoms with Gasteiger partial charge in [-0.15, -0.1) is 0 Å². The average Bonchev–Trinajstić information content (AvgIpc) is 3.21. The Kier molecular flexibility index (Phi) is 4.43. The zero-order valence-electron chi connectivity index (χ0n) is 16.2. The van der Waals surface area contributed by atoms with Crippen LogP contribution in [-0.2, 0) is 4.74 Å². The van der Waals surface area contributed by atoms with Crippen LogP contribution in [0.2, 0.25) is 0 Å². The fourth-order valence-electron chi connectivity index (χ4n) is 4.99. The molecule has 0 aromatic heterocycles. The van der Waals surface area contributed by atoms with E-state index >= 15 is 0 Å². The van der Waals surface area contributed by atoms with Crippen molar-refractivity contribution in [3.63, 3.8) is 0 Å². The van der Waals surface area contributed by atoms with Crippen molar-refractivity contribution in [2.75, 3.05) is 7.11 Å². The van der Waals surface area contributed by atoms with Crippen molar-refractivity contribution >= 4 is 12.0 Å². The lowest BCUT2D eigenvalue weighted by Gasteiger charge is -2.41. The van der Waals surface area contributed by atoms with Crippen molar-refractivity contribution in [3.05, 3.63) is 53.1 Å². The lowest BCUT2D eigenvalue weighted by atomic mass is 9.63. The Labute approximate surface area is 152 Å². The molecule has 0 heterocycles. The lowest BCUT2D eigenvalue weighted by molar-refractivity contribution is 0.0600. The predicted octanol–water partition coefficient (Wildman–Crippen LogP) is 6.04. The standard InChI is InChI=1S/C23H30O2/c1-17(15-18-7-9-19(10-8-18)20(24)25-5)11-14-23-16-22(23,4)13-6-12-21(23,2)3/h7-11,14-15H,6,12-13,16H2,1-5H3/b14-11+,17-15-. The van der Waals surface area contributed by atoms with Crippen LogP contribution in [0.3, 0.4) is 0 Å². The molecule has 0 radical (unpaired) electrons. The number of rotatable bonds is 4. The number of allylic oxidation sites excluding steroid dienone is 3. The average molecular weight is 338 g/mol. The van der Waals surface area contributed by atoms with Gasteiger partial charge in [0.2, 0.25) is 0 Å². The first-order chi connectivity index (χ1) is 11.7. The minimum absolute atomic E-state index is 0.293. The Hall–Kier alpha value is -1.83. The van der Waals surface area contributed by atoms with Crippen molar-refractivity contribution in [1.82, 2.24) is 0 Å². The molecule has 1 aromatic rings. The van der Waals surface area contributed by atoms with Gasteiger partial charge in [0.1, 0.15) is 0 Å². The third kappa shape index (κ3) is 3.07. The SMILES string of the molecule is COC(=O)c1ccc(/C=C(C)\C=C\C23CC2(C)CCCC3(C)C)cc1. The molecule has 0 N–H and O–H groups in total. The van der Waals surface area contributed by atoms with Gasteiger partial charge in [-0.3, -0.25) is 0 Å².